The van der Waals surface area contributed by atoms with Crippen molar-refractivity contribution in [1.82, 2.24) is 14.1 Å². The van der Waals surface area contributed by atoms with E-state index in [1.165, 1.54) is 0 Å². The van der Waals surface area contributed by atoms with Gasteiger partial charge in [-0.3, -0.25) is 4.79 Å². The Hall–Kier alpha value is -4.39. The van der Waals surface area contributed by atoms with Crippen LogP contribution in [0.4, 0.5) is 5.69 Å². The number of carboxylic acids is 1. The van der Waals surface area contributed by atoms with Gasteiger partial charge in [0.15, 0.2) is 5.82 Å². The molecule has 0 saturated heterocycles. The van der Waals surface area contributed by atoms with Gasteiger partial charge in [-0.25, -0.2) is 9.78 Å². The number of carbonyl (C=O) groups is 2. The van der Waals surface area contributed by atoms with E-state index in [0.29, 0.717) is 12.1 Å². The first-order valence-electron chi connectivity index (χ1n) is 11.2. The molecule has 2 aromatic carbocycles. The van der Waals surface area contributed by atoms with Gasteiger partial charge in [-0.05, 0) is 48.4 Å². The molecule has 0 saturated carbocycles. The average molecular weight is 453 g/mol. The summed E-state index contributed by atoms with van der Waals surface area (Å²) in [5, 5.41) is 12.2. The first-order valence-corrected chi connectivity index (χ1v) is 11.2. The summed E-state index contributed by atoms with van der Waals surface area (Å²) < 4.78 is 4.07. The van der Waals surface area contributed by atoms with Crippen molar-refractivity contribution < 1.29 is 14.7 Å². The maximum atomic E-state index is 12.9. The summed E-state index contributed by atoms with van der Waals surface area (Å²) in [5.74, 6) is 0.565. The minimum atomic E-state index is -0.952. The molecule has 1 aliphatic heterocycles. The van der Waals surface area contributed by atoms with Crippen LogP contribution in [0.25, 0.3) is 17.5 Å². The van der Waals surface area contributed by atoms with Crippen LogP contribution in [0.15, 0.2) is 73.1 Å². The number of anilines is 1. The fourth-order valence-corrected chi connectivity index (χ4v) is 4.25. The molecule has 2 aromatic heterocycles. The van der Waals surface area contributed by atoms with Gasteiger partial charge in [0.1, 0.15) is 5.82 Å². The van der Waals surface area contributed by atoms with E-state index < -0.39 is 5.97 Å². The minimum absolute atomic E-state index is 0.143. The second-order valence-corrected chi connectivity index (χ2v) is 8.22. The number of hydrogen-bond donors (Lipinski definition) is 2. The number of aromatic carboxylic acids is 1. The molecule has 0 atom stereocenters. The van der Waals surface area contributed by atoms with Crippen molar-refractivity contribution in [2.75, 3.05) is 5.32 Å². The van der Waals surface area contributed by atoms with Gasteiger partial charge in [-0.1, -0.05) is 37.3 Å². The molecule has 5 rings (SSSR count). The van der Waals surface area contributed by atoms with E-state index in [0.717, 1.165) is 47.0 Å². The standard InChI is InChI=1S/C27H24N4O3/c1-2-7-24-29-25(30-14-5-6-15-30)23(16-21-20-8-3-4-9-22(20)28-26(21)32)31(24)17-18-10-12-19(13-11-18)27(33)34/h3-6,8-16H,2,7,17H2,1H3,(H,28,32)(H,33,34). The van der Waals surface area contributed by atoms with E-state index in [9.17, 15) is 14.7 Å². The number of carboxylic acid groups (broad SMARTS) is 1. The summed E-state index contributed by atoms with van der Waals surface area (Å²) in [5.41, 5.74) is 4.28. The molecule has 170 valence electrons. The highest BCUT2D eigenvalue weighted by atomic mass is 16.4. The lowest BCUT2D eigenvalue weighted by Gasteiger charge is -2.12. The Morgan fingerprint density at radius 1 is 1.06 bits per heavy atom. The van der Waals surface area contributed by atoms with Gasteiger partial charge in [0.05, 0.1) is 16.8 Å². The predicted molar refractivity (Wildman–Crippen MR) is 131 cm³/mol. The number of imidazole rings is 1. The molecule has 2 N–H and O–H groups in total. The highest BCUT2D eigenvalue weighted by Crippen LogP contribution is 2.34. The number of carbonyl (C=O) groups excluding carboxylic acids is 1. The molecule has 0 radical (unpaired) electrons. The number of nitrogens with zero attached hydrogens (tertiary/aromatic N) is 3. The van der Waals surface area contributed by atoms with Crippen molar-refractivity contribution in [3.63, 3.8) is 0 Å². The lowest BCUT2D eigenvalue weighted by Crippen LogP contribution is -2.09. The first-order chi connectivity index (χ1) is 16.5. The number of aryl methyl sites for hydroxylation is 1. The highest BCUT2D eigenvalue weighted by Gasteiger charge is 2.26. The minimum Gasteiger partial charge on any atom is -0.478 e. The van der Waals surface area contributed by atoms with Crippen molar-refractivity contribution in [1.29, 1.82) is 0 Å². The molecule has 1 aliphatic rings. The summed E-state index contributed by atoms with van der Waals surface area (Å²) in [4.78, 5) is 29.1. The topological polar surface area (TPSA) is 89.2 Å². The van der Waals surface area contributed by atoms with Crippen LogP contribution < -0.4 is 5.32 Å². The quantitative estimate of drug-likeness (QED) is 0.392. The van der Waals surface area contributed by atoms with Crippen molar-refractivity contribution in [3.05, 3.63) is 101 Å². The van der Waals surface area contributed by atoms with Gasteiger partial charge in [-0.2, -0.15) is 0 Å². The molecule has 1 amide bonds. The zero-order chi connectivity index (χ0) is 23.7. The molecular weight excluding hydrogens is 428 g/mol. The number of nitrogens with one attached hydrogen (secondary N) is 1. The number of rotatable bonds is 7. The lowest BCUT2D eigenvalue weighted by atomic mass is 10.1. The second-order valence-electron chi connectivity index (χ2n) is 8.22. The van der Waals surface area contributed by atoms with Gasteiger partial charge in [0.25, 0.3) is 5.91 Å². The molecule has 3 heterocycles. The summed E-state index contributed by atoms with van der Waals surface area (Å²) in [6.07, 6.45) is 7.48. The number of aromatic nitrogens is 3. The SMILES string of the molecule is CCCc1nc(-n2cccc2)c(C=C2C(=O)Nc3ccccc32)n1Cc1ccc(C(=O)O)cc1. The molecule has 0 fully saturated rings. The van der Waals surface area contributed by atoms with Crippen LogP contribution in [0.3, 0.4) is 0 Å². The van der Waals surface area contributed by atoms with E-state index in [2.05, 4.69) is 16.8 Å². The second kappa shape index (κ2) is 8.86. The molecule has 0 unspecified atom stereocenters. The monoisotopic (exact) mass is 452 g/mol. The molecule has 4 aromatic rings. The molecule has 0 bridgehead atoms. The maximum Gasteiger partial charge on any atom is 0.335 e. The van der Waals surface area contributed by atoms with Crippen LogP contribution in [-0.4, -0.2) is 31.1 Å². The van der Waals surface area contributed by atoms with E-state index in [-0.39, 0.29) is 11.5 Å². The summed E-state index contributed by atoms with van der Waals surface area (Å²) in [7, 11) is 0. The van der Waals surface area contributed by atoms with Crippen LogP contribution in [0.2, 0.25) is 0 Å². The van der Waals surface area contributed by atoms with E-state index in [1.807, 2.05) is 71.6 Å². The molecule has 7 heteroatoms. The Kier molecular flexibility index (Phi) is 5.59. The Labute approximate surface area is 197 Å². The third-order valence-electron chi connectivity index (χ3n) is 5.92. The normalized spacial score (nSPS) is 13.8. The fourth-order valence-electron chi connectivity index (χ4n) is 4.25. The van der Waals surface area contributed by atoms with Gasteiger partial charge in [-0.15, -0.1) is 0 Å². The van der Waals surface area contributed by atoms with Crippen molar-refractivity contribution in [2.45, 2.75) is 26.3 Å². The van der Waals surface area contributed by atoms with Crippen LogP contribution in [0, 0.1) is 0 Å². The van der Waals surface area contributed by atoms with Gasteiger partial charge >= 0.3 is 5.97 Å². The Balaban J connectivity index is 1.67. The van der Waals surface area contributed by atoms with Crippen LogP contribution >= 0.6 is 0 Å². The van der Waals surface area contributed by atoms with Crippen LogP contribution in [-0.2, 0) is 17.8 Å². The number of amides is 1. The van der Waals surface area contributed by atoms with Gasteiger partial charge < -0.3 is 19.6 Å². The fraction of sp³-hybridized carbons (Fsp3) is 0.148. The predicted octanol–water partition coefficient (Wildman–Crippen LogP) is 4.87. The zero-order valence-corrected chi connectivity index (χ0v) is 18.7. The third kappa shape index (κ3) is 3.92. The summed E-state index contributed by atoms with van der Waals surface area (Å²) in [6.45, 7) is 2.61. The highest BCUT2D eigenvalue weighted by molar-refractivity contribution is 6.34. The van der Waals surface area contributed by atoms with Crippen LogP contribution in [0.5, 0.6) is 0 Å². The molecule has 34 heavy (non-hydrogen) atoms. The molecule has 0 spiro atoms. The van der Waals surface area contributed by atoms with E-state index in [1.54, 1.807) is 12.1 Å². The van der Waals surface area contributed by atoms with Crippen molar-refractivity contribution in [2.24, 2.45) is 0 Å². The molecule has 7 nitrogen and oxygen atoms in total. The molecule has 0 aliphatic carbocycles. The number of benzene rings is 2. The maximum absolute atomic E-state index is 12.9. The van der Waals surface area contributed by atoms with Crippen LogP contribution in [0.1, 0.15) is 46.3 Å². The zero-order valence-electron chi connectivity index (χ0n) is 18.7. The van der Waals surface area contributed by atoms with Crippen molar-refractivity contribution in [3.8, 4) is 5.82 Å². The molecular formula is C27H24N4O3. The van der Waals surface area contributed by atoms with Gasteiger partial charge in [0.2, 0.25) is 0 Å². The number of fused-ring (bicyclic) bond motifs is 1. The van der Waals surface area contributed by atoms with E-state index >= 15 is 0 Å². The Bertz CT molecular complexity index is 1400. The third-order valence-corrected chi connectivity index (χ3v) is 5.92. The number of hydrogen-bond acceptors (Lipinski definition) is 3. The van der Waals surface area contributed by atoms with Crippen molar-refractivity contribution >= 4 is 29.2 Å². The Morgan fingerprint density at radius 3 is 2.50 bits per heavy atom. The lowest BCUT2D eigenvalue weighted by molar-refractivity contribution is -0.110. The largest absolute Gasteiger partial charge is 0.478 e. The smallest absolute Gasteiger partial charge is 0.335 e. The van der Waals surface area contributed by atoms with Gasteiger partial charge in [0, 0.05) is 36.6 Å². The summed E-state index contributed by atoms with van der Waals surface area (Å²) >= 11 is 0. The summed E-state index contributed by atoms with van der Waals surface area (Å²) in [6, 6.07) is 18.4. The Morgan fingerprint density at radius 2 is 1.79 bits per heavy atom. The first kappa shape index (κ1) is 21.5. The average Bonchev–Trinajstić information content (AvgIpc) is 3.55. The number of para-hydroxylation sites is 1. The van der Waals surface area contributed by atoms with E-state index in [4.69, 9.17) is 4.98 Å².